The number of aliphatic carboxylic acids is 1. The summed E-state index contributed by atoms with van der Waals surface area (Å²) in [6.45, 7) is 5.79. The molecule has 1 N–H and O–H groups in total. The summed E-state index contributed by atoms with van der Waals surface area (Å²) in [5, 5.41) is 8.69. The molecule has 0 unspecified atom stereocenters. The van der Waals surface area contributed by atoms with Crippen LogP contribution in [0.3, 0.4) is 0 Å². The number of nitrogens with zero attached hydrogens (tertiary/aromatic N) is 1. The minimum atomic E-state index is -0.952. The van der Waals surface area contributed by atoms with Crippen LogP contribution < -0.4 is 0 Å². The van der Waals surface area contributed by atoms with Crippen molar-refractivity contribution >= 4 is 23.9 Å². The molecule has 0 aromatic heterocycles. The van der Waals surface area contributed by atoms with E-state index in [1.807, 2.05) is 13.8 Å². The fourth-order valence-electron chi connectivity index (χ4n) is 0.986. The Morgan fingerprint density at radius 2 is 2.25 bits per heavy atom. The molecule has 0 atom stereocenters. The van der Waals surface area contributed by atoms with Crippen LogP contribution in [-0.4, -0.2) is 22.0 Å². The van der Waals surface area contributed by atoms with Crippen LogP contribution in [0.5, 0.6) is 0 Å². The highest BCUT2D eigenvalue weighted by Crippen LogP contribution is 2.35. The van der Waals surface area contributed by atoms with E-state index in [0.29, 0.717) is 0 Å². The van der Waals surface area contributed by atoms with Crippen LogP contribution in [0, 0.1) is 0 Å². The molecule has 1 aliphatic heterocycles. The van der Waals surface area contributed by atoms with Gasteiger partial charge in [0, 0.05) is 15.9 Å². The van der Waals surface area contributed by atoms with Crippen LogP contribution in [0.2, 0.25) is 0 Å². The van der Waals surface area contributed by atoms with Crippen molar-refractivity contribution in [1.82, 2.24) is 0 Å². The van der Waals surface area contributed by atoms with Gasteiger partial charge in [0.25, 0.3) is 0 Å². The van der Waals surface area contributed by atoms with Crippen molar-refractivity contribution in [2.24, 2.45) is 4.99 Å². The predicted octanol–water partition coefficient (Wildman–Crippen LogP) is 1.90. The van der Waals surface area contributed by atoms with E-state index >= 15 is 0 Å². The molecule has 0 saturated carbocycles. The number of hydrogen-bond donors (Lipinski definition) is 1. The standard InChI is InChI=1S/C8H11NO2S/c1-5-6(7(10)11)9-4-8(2,3)12-5/h4H,1-3H3,(H,10,11). The molecular formula is C8H11NO2S. The Morgan fingerprint density at radius 1 is 1.67 bits per heavy atom. The van der Waals surface area contributed by atoms with E-state index in [9.17, 15) is 4.79 Å². The number of carbonyl (C=O) groups is 1. The topological polar surface area (TPSA) is 49.7 Å². The molecule has 1 heterocycles. The summed E-state index contributed by atoms with van der Waals surface area (Å²) in [5.41, 5.74) is 0.166. The van der Waals surface area contributed by atoms with Gasteiger partial charge in [-0.05, 0) is 20.8 Å². The van der Waals surface area contributed by atoms with Gasteiger partial charge >= 0.3 is 5.97 Å². The Hall–Kier alpha value is -0.770. The van der Waals surface area contributed by atoms with Gasteiger partial charge in [0.05, 0.1) is 0 Å². The molecule has 1 aliphatic rings. The maximum absolute atomic E-state index is 10.6. The molecule has 0 fully saturated rings. The molecule has 0 aromatic carbocycles. The van der Waals surface area contributed by atoms with Crippen molar-refractivity contribution in [1.29, 1.82) is 0 Å². The van der Waals surface area contributed by atoms with Crippen molar-refractivity contribution in [3.8, 4) is 0 Å². The number of thioether (sulfide) groups is 1. The fourth-order valence-corrected chi connectivity index (χ4v) is 2.12. The van der Waals surface area contributed by atoms with Crippen molar-refractivity contribution in [3.63, 3.8) is 0 Å². The number of hydrogen-bond acceptors (Lipinski definition) is 3. The van der Waals surface area contributed by atoms with E-state index < -0.39 is 5.97 Å². The molecule has 0 radical (unpaired) electrons. The highest BCUT2D eigenvalue weighted by molar-refractivity contribution is 8.05. The summed E-state index contributed by atoms with van der Waals surface area (Å²) in [7, 11) is 0. The second-order valence-electron chi connectivity index (χ2n) is 3.17. The van der Waals surface area contributed by atoms with Crippen LogP contribution in [0.1, 0.15) is 20.8 Å². The maximum Gasteiger partial charge on any atom is 0.355 e. The lowest BCUT2D eigenvalue weighted by Crippen LogP contribution is -2.21. The van der Waals surface area contributed by atoms with Crippen LogP contribution >= 0.6 is 11.8 Å². The zero-order valence-corrected chi connectivity index (χ0v) is 8.10. The third-order valence-electron chi connectivity index (χ3n) is 1.46. The number of allylic oxidation sites excluding steroid dienone is 1. The van der Waals surface area contributed by atoms with E-state index in [0.717, 1.165) is 4.91 Å². The van der Waals surface area contributed by atoms with E-state index in [2.05, 4.69) is 4.99 Å². The lowest BCUT2D eigenvalue weighted by molar-refractivity contribution is -0.132. The van der Waals surface area contributed by atoms with Crippen LogP contribution in [0.4, 0.5) is 0 Å². The first kappa shape index (κ1) is 9.32. The van der Waals surface area contributed by atoms with E-state index in [4.69, 9.17) is 5.11 Å². The molecule has 0 aromatic rings. The van der Waals surface area contributed by atoms with Crippen LogP contribution in [0.25, 0.3) is 0 Å². The number of carboxylic acid groups (broad SMARTS) is 1. The smallest absolute Gasteiger partial charge is 0.355 e. The lowest BCUT2D eigenvalue weighted by Gasteiger charge is -2.23. The average molecular weight is 185 g/mol. The summed E-state index contributed by atoms with van der Waals surface area (Å²) in [6.07, 6.45) is 1.67. The third-order valence-corrected chi connectivity index (χ3v) is 2.59. The summed E-state index contributed by atoms with van der Waals surface area (Å²) < 4.78 is -0.0803. The van der Waals surface area contributed by atoms with E-state index in [1.54, 1.807) is 13.1 Å². The minimum absolute atomic E-state index is 0.0803. The van der Waals surface area contributed by atoms with Crippen molar-refractivity contribution < 1.29 is 9.90 Å². The van der Waals surface area contributed by atoms with Gasteiger partial charge in [-0.1, -0.05) is 0 Å². The normalized spacial score (nSPS) is 21.2. The molecule has 12 heavy (non-hydrogen) atoms. The molecule has 0 bridgehead atoms. The SMILES string of the molecule is CC1=C(C(=O)O)N=CC(C)(C)S1. The Bertz CT molecular complexity index is 279. The van der Waals surface area contributed by atoms with Crippen molar-refractivity contribution in [2.45, 2.75) is 25.5 Å². The molecule has 66 valence electrons. The quantitative estimate of drug-likeness (QED) is 0.678. The Morgan fingerprint density at radius 3 is 2.67 bits per heavy atom. The van der Waals surface area contributed by atoms with Gasteiger partial charge in [-0.15, -0.1) is 11.8 Å². The van der Waals surface area contributed by atoms with Gasteiger partial charge in [0.15, 0.2) is 5.70 Å². The maximum atomic E-state index is 10.6. The van der Waals surface area contributed by atoms with Gasteiger partial charge in [0.2, 0.25) is 0 Å². The summed E-state index contributed by atoms with van der Waals surface area (Å²) in [6, 6.07) is 0. The third kappa shape index (κ3) is 1.88. The van der Waals surface area contributed by atoms with Gasteiger partial charge in [-0.3, -0.25) is 4.99 Å². The van der Waals surface area contributed by atoms with Crippen molar-refractivity contribution in [3.05, 3.63) is 10.6 Å². The highest BCUT2D eigenvalue weighted by atomic mass is 32.2. The zero-order valence-electron chi connectivity index (χ0n) is 7.29. The molecular weight excluding hydrogens is 174 g/mol. The predicted molar refractivity (Wildman–Crippen MR) is 50.5 cm³/mol. The Balaban J connectivity index is 2.95. The van der Waals surface area contributed by atoms with Gasteiger partial charge in [-0.2, -0.15) is 0 Å². The van der Waals surface area contributed by atoms with Gasteiger partial charge in [0.1, 0.15) is 0 Å². The number of carboxylic acids is 1. The minimum Gasteiger partial charge on any atom is -0.476 e. The van der Waals surface area contributed by atoms with Gasteiger partial charge < -0.3 is 5.11 Å². The van der Waals surface area contributed by atoms with Crippen LogP contribution in [0.15, 0.2) is 15.6 Å². The first-order chi connectivity index (χ1) is 5.42. The van der Waals surface area contributed by atoms with E-state index in [1.165, 1.54) is 11.8 Å². The number of aliphatic imine (C=N–C) groups is 1. The second kappa shape index (κ2) is 2.94. The van der Waals surface area contributed by atoms with Crippen molar-refractivity contribution in [2.75, 3.05) is 0 Å². The Kier molecular flexibility index (Phi) is 2.28. The molecule has 0 amide bonds. The number of rotatable bonds is 1. The summed E-state index contributed by atoms with van der Waals surface area (Å²) >= 11 is 1.53. The molecule has 0 spiro atoms. The molecule has 3 nitrogen and oxygen atoms in total. The molecule has 0 saturated heterocycles. The zero-order chi connectivity index (χ0) is 9.35. The highest BCUT2D eigenvalue weighted by Gasteiger charge is 2.24. The molecule has 1 rings (SSSR count). The lowest BCUT2D eigenvalue weighted by atomic mass is 10.2. The Labute approximate surface area is 75.6 Å². The molecule has 0 aliphatic carbocycles. The fraction of sp³-hybridized carbons (Fsp3) is 0.500. The average Bonchev–Trinajstić information content (AvgIpc) is 1.83. The van der Waals surface area contributed by atoms with E-state index in [-0.39, 0.29) is 10.4 Å². The monoisotopic (exact) mass is 185 g/mol. The first-order valence-corrected chi connectivity index (χ1v) is 4.42. The molecule has 4 heteroatoms. The second-order valence-corrected chi connectivity index (χ2v) is 5.04. The van der Waals surface area contributed by atoms with Gasteiger partial charge in [-0.25, -0.2) is 4.79 Å². The summed E-state index contributed by atoms with van der Waals surface area (Å²) in [5.74, 6) is -0.952. The largest absolute Gasteiger partial charge is 0.476 e. The van der Waals surface area contributed by atoms with Crippen LogP contribution in [-0.2, 0) is 4.79 Å². The summed E-state index contributed by atoms with van der Waals surface area (Å²) in [4.78, 5) is 15.3. The first-order valence-electron chi connectivity index (χ1n) is 3.61.